The molecular weight excluding hydrogens is 538 g/mol. The van der Waals surface area contributed by atoms with Crippen LogP contribution in [-0.2, 0) is 55.3 Å². The van der Waals surface area contributed by atoms with E-state index in [1.807, 2.05) is 12.1 Å². The molecule has 2 rings (SSSR count). The van der Waals surface area contributed by atoms with Gasteiger partial charge in [-0.2, -0.15) is 6.42 Å². The number of nitrogens with zero attached hydrogens (tertiary/aromatic N) is 1. The predicted molar refractivity (Wildman–Crippen MR) is 115 cm³/mol. The van der Waals surface area contributed by atoms with Gasteiger partial charge in [-0.25, -0.2) is 4.98 Å². The molecule has 1 saturated carbocycles. The minimum absolute atomic E-state index is 0. The third-order valence-electron chi connectivity index (χ3n) is 4.96. The van der Waals surface area contributed by atoms with Crippen molar-refractivity contribution in [3.05, 3.63) is 47.6 Å². The van der Waals surface area contributed by atoms with Gasteiger partial charge in [-0.15, -0.1) is 11.6 Å². The molecule has 1 aromatic heterocycles. The minimum Gasteiger partial charge on any atom is -0.459 e. The second-order valence-electron chi connectivity index (χ2n) is 7.08. The van der Waals surface area contributed by atoms with Crippen molar-refractivity contribution in [2.45, 2.75) is 62.3 Å². The Hall–Kier alpha value is 0.524. The number of unbranched alkanes of at least 4 members (excludes halogenated alkanes) is 1. The summed E-state index contributed by atoms with van der Waals surface area (Å²) in [6, 6.07) is 3.84. The van der Waals surface area contributed by atoms with E-state index in [1.165, 1.54) is 6.92 Å². The maximum absolute atomic E-state index is 11.0. The van der Waals surface area contributed by atoms with Crippen molar-refractivity contribution < 1.29 is 42.2 Å². The van der Waals surface area contributed by atoms with Crippen molar-refractivity contribution in [1.29, 1.82) is 0 Å². The summed E-state index contributed by atoms with van der Waals surface area (Å²) in [5, 5.41) is 0.559. The third-order valence-corrected chi connectivity index (χ3v) is 7.03. The Morgan fingerprint density at radius 1 is 1.43 bits per heavy atom. The summed E-state index contributed by atoms with van der Waals surface area (Å²) < 4.78 is 5.03. The number of halogens is 3. The number of carbonyl (C=O) groups excluding carboxylic acids is 1. The number of rotatable bonds is 9. The van der Waals surface area contributed by atoms with Gasteiger partial charge in [-0.05, 0) is 55.2 Å². The van der Waals surface area contributed by atoms with E-state index in [4.69, 9.17) is 27.9 Å². The van der Waals surface area contributed by atoms with Gasteiger partial charge in [0.15, 0.2) is 0 Å². The van der Waals surface area contributed by atoms with Crippen LogP contribution >= 0.6 is 39.1 Å². The Labute approximate surface area is 212 Å². The van der Waals surface area contributed by atoms with E-state index in [9.17, 15) is 4.79 Å². The zero-order valence-electron chi connectivity index (χ0n) is 16.3. The number of carbonyl (C=O) groups is 1. The predicted octanol–water partition coefficient (Wildman–Crippen LogP) is 6.30. The second-order valence-corrected chi connectivity index (χ2v) is 9.15. The molecule has 0 N–H and O–H groups in total. The summed E-state index contributed by atoms with van der Waals surface area (Å²) in [5.74, 6) is 0.701. The van der Waals surface area contributed by atoms with Crippen molar-refractivity contribution in [3.63, 3.8) is 0 Å². The summed E-state index contributed by atoms with van der Waals surface area (Å²) in [6.07, 6.45) is 10.5. The molecule has 0 bridgehead atoms. The summed E-state index contributed by atoms with van der Waals surface area (Å²) >= 11 is 16.6. The molecule has 3 nitrogen and oxygen atoms in total. The van der Waals surface area contributed by atoms with Crippen molar-refractivity contribution in [3.8, 4) is 0 Å². The van der Waals surface area contributed by atoms with Gasteiger partial charge in [0.1, 0.15) is 11.8 Å². The fourth-order valence-electron chi connectivity index (χ4n) is 3.63. The van der Waals surface area contributed by atoms with E-state index in [2.05, 4.69) is 40.0 Å². The van der Waals surface area contributed by atoms with Gasteiger partial charge >= 0.3 is 5.97 Å². The SMILES string of the molecule is [CH2-]CC/C=C\C[C@H]1CC(Br)C(Cl)[C@@H]1CCc1cc(Cl)nc(COC(C)=O)c1.[Y]. The number of allylic oxidation sites excluding steroid dienone is 2. The van der Waals surface area contributed by atoms with Gasteiger partial charge in [0.25, 0.3) is 0 Å². The molecule has 1 fully saturated rings. The van der Waals surface area contributed by atoms with Gasteiger partial charge in [-0.1, -0.05) is 46.1 Å². The zero-order valence-corrected chi connectivity index (χ0v) is 22.2. The van der Waals surface area contributed by atoms with Crippen LogP contribution in [0.2, 0.25) is 5.15 Å². The van der Waals surface area contributed by atoms with Gasteiger partial charge in [-0.3, -0.25) is 4.79 Å². The largest absolute Gasteiger partial charge is 0.459 e. The van der Waals surface area contributed by atoms with Crippen LogP contribution in [0.3, 0.4) is 0 Å². The molecule has 4 atom stereocenters. The van der Waals surface area contributed by atoms with Gasteiger partial charge < -0.3 is 11.7 Å². The molecule has 0 saturated heterocycles. The average Bonchev–Trinajstić information content (AvgIpc) is 2.88. The van der Waals surface area contributed by atoms with Gasteiger partial charge in [0, 0.05) is 49.8 Å². The topological polar surface area (TPSA) is 39.2 Å². The van der Waals surface area contributed by atoms with Crippen LogP contribution in [0.5, 0.6) is 0 Å². The molecule has 1 aliphatic carbocycles. The number of pyridine rings is 1. The molecule has 28 heavy (non-hydrogen) atoms. The molecule has 2 unspecified atom stereocenters. The molecule has 0 aromatic carbocycles. The van der Waals surface area contributed by atoms with E-state index in [1.54, 1.807) is 0 Å². The normalized spacial score (nSPS) is 24.3. The van der Waals surface area contributed by atoms with Crippen LogP contribution in [0, 0.1) is 18.8 Å². The molecule has 0 amide bonds. The first-order valence-corrected chi connectivity index (χ1v) is 11.1. The van der Waals surface area contributed by atoms with E-state index in [0.717, 1.165) is 44.1 Å². The number of aryl methyl sites for hydroxylation is 1. The molecular formula is C21H27BrCl2NO2Y-. The van der Waals surface area contributed by atoms with Gasteiger partial charge in [0.05, 0.1) is 5.69 Å². The van der Waals surface area contributed by atoms with Crippen molar-refractivity contribution in [2.75, 3.05) is 0 Å². The van der Waals surface area contributed by atoms with E-state index in [-0.39, 0.29) is 50.7 Å². The summed E-state index contributed by atoms with van der Waals surface area (Å²) in [6.45, 7) is 5.40. The Bertz CT molecular complexity index is 659. The van der Waals surface area contributed by atoms with Crippen molar-refractivity contribution in [2.24, 2.45) is 11.8 Å². The fourth-order valence-corrected chi connectivity index (χ4v) is 5.19. The second kappa shape index (κ2) is 13.8. The number of ether oxygens (including phenoxy) is 1. The summed E-state index contributed by atoms with van der Waals surface area (Å²) in [4.78, 5) is 15.6. The smallest absolute Gasteiger partial charge is 0.303 e. The Kier molecular flexibility index (Phi) is 13.0. The first kappa shape index (κ1) is 26.6. The standard InChI is InChI=1S/C21H27BrCl2NO2.Y/c1-3-4-5-6-7-16-12-19(22)21(24)18(16)9-8-15-10-17(13-27-14(2)26)25-20(23)11-15;/h5-6,10-11,16,18-19,21H,1,3-4,7-9,12-13H2,2H3;/q-1;/b6-5-;/t16-,18+,19?,21?;/m0./s1. The van der Waals surface area contributed by atoms with Crippen molar-refractivity contribution in [1.82, 2.24) is 4.98 Å². The Balaban J connectivity index is 0.00000392. The van der Waals surface area contributed by atoms with Crippen molar-refractivity contribution >= 4 is 45.1 Å². The van der Waals surface area contributed by atoms with E-state index >= 15 is 0 Å². The zero-order chi connectivity index (χ0) is 19.8. The quantitative estimate of drug-likeness (QED) is 0.116. The molecule has 0 aliphatic heterocycles. The Morgan fingerprint density at radius 2 is 2.18 bits per heavy atom. The van der Waals surface area contributed by atoms with E-state index < -0.39 is 0 Å². The fraction of sp³-hybridized carbons (Fsp3) is 0.571. The minimum atomic E-state index is -0.327. The molecule has 1 heterocycles. The first-order chi connectivity index (χ1) is 12.9. The molecule has 1 aliphatic rings. The van der Waals surface area contributed by atoms with Crippen LogP contribution in [0.4, 0.5) is 0 Å². The van der Waals surface area contributed by atoms with Crippen LogP contribution in [0.1, 0.15) is 50.3 Å². The maximum Gasteiger partial charge on any atom is 0.303 e. The number of hydrogen-bond acceptors (Lipinski definition) is 3. The van der Waals surface area contributed by atoms with E-state index in [0.29, 0.717) is 27.5 Å². The summed E-state index contributed by atoms with van der Waals surface area (Å²) in [5.41, 5.74) is 1.78. The molecule has 0 spiro atoms. The van der Waals surface area contributed by atoms with Crippen LogP contribution in [0.25, 0.3) is 0 Å². The molecule has 7 heteroatoms. The molecule has 1 aromatic rings. The number of alkyl halides is 2. The van der Waals surface area contributed by atoms with Crippen LogP contribution in [-0.4, -0.2) is 21.2 Å². The number of aromatic nitrogens is 1. The maximum atomic E-state index is 11.0. The number of hydrogen-bond donors (Lipinski definition) is 0. The Morgan fingerprint density at radius 3 is 2.86 bits per heavy atom. The molecule has 1 radical (unpaired) electrons. The van der Waals surface area contributed by atoms with Crippen LogP contribution < -0.4 is 0 Å². The van der Waals surface area contributed by atoms with Crippen LogP contribution in [0.15, 0.2) is 24.3 Å². The first-order valence-electron chi connectivity index (χ1n) is 9.41. The monoisotopic (exact) mass is 563 g/mol. The average molecular weight is 565 g/mol. The molecule has 153 valence electrons. The van der Waals surface area contributed by atoms with Gasteiger partial charge in [0.2, 0.25) is 0 Å². The third kappa shape index (κ3) is 8.72. The number of esters is 1. The summed E-state index contributed by atoms with van der Waals surface area (Å²) in [7, 11) is 0.